The topological polar surface area (TPSA) is 59.9 Å². The lowest BCUT2D eigenvalue weighted by atomic mass is 10.00. The van der Waals surface area contributed by atoms with Crippen molar-refractivity contribution < 1.29 is 17.9 Å². The minimum absolute atomic E-state index is 0.0734. The monoisotopic (exact) mass is 493 g/mol. The first-order chi connectivity index (χ1) is 16.8. The molecule has 0 unspecified atom stereocenters. The number of alkyl halides is 3. The number of benzene rings is 3. The molecule has 0 atom stereocenters. The Bertz CT molecular complexity index is 1700. The van der Waals surface area contributed by atoms with Crippen LogP contribution < -0.4 is 10.3 Å². The molecule has 5 rings (SSSR count). The Labute approximate surface area is 202 Å². The van der Waals surface area contributed by atoms with E-state index in [9.17, 15) is 18.0 Å². The van der Waals surface area contributed by atoms with Crippen LogP contribution in [-0.4, -0.2) is 21.1 Å². The standard InChI is InChI=1S/C26H18F3N3O2S/c1-2-34-21-13-6-5-12-20(21)32-23-22(24(33)31-25(32)35)18(26(27,28)29)14-19(30-23)17-11-7-9-15-8-3-4-10-16(15)17/h3-14H,2H2,1H3,(H,31,33,35). The smallest absolute Gasteiger partial charge is 0.417 e. The minimum atomic E-state index is -4.81. The molecular weight excluding hydrogens is 475 g/mol. The predicted molar refractivity (Wildman–Crippen MR) is 132 cm³/mol. The van der Waals surface area contributed by atoms with Gasteiger partial charge in [-0.15, -0.1) is 0 Å². The molecule has 0 radical (unpaired) electrons. The van der Waals surface area contributed by atoms with Gasteiger partial charge in [-0.1, -0.05) is 54.6 Å². The molecule has 35 heavy (non-hydrogen) atoms. The molecular formula is C26H18F3N3O2S. The molecule has 0 amide bonds. The SMILES string of the molecule is CCOc1ccccc1-n1c(=S)[nH]c(=O)c2c(C(F)(F)F)cc(-c3cccc4ccccc34)nc21. The molecule has 2 aromatic heterocycles. The van der Waals surface area contributed by atoms with Crippen molar-refractivity contribution >= 4 is 34.0 Å². The third-order valence-electron chi connectivity index (χ3n) is 5.64. The third-order valence-corrected chi connectivity index (χ3v) is 5.92. The highest BCUT2D eigenvalue weighted by Gasteiger charge is 2.36. The van der Waals surface area contributed by atoms with Gasteiger partial charge in [-0.25, -0.2) is 4.98 Å². The van der Waals surface area contributed by atoms with E-state index in [1.807, 2.05) is 30.3 Å². The van der Waals surface area contributed by atoms with Crippen molar-refractivity contribution in [2.24, 2.45) is 0 Å². The summed E-state index contributed by atoms with van der Waals surface area (Å²) in [4.78, 5) is 19.8. The molecule has 1 N–H and O–H groups in total. The summed E-state index contributed by atoms with van der Waals surface area (Å²) >= 11 is 5.40. The van der Waals surface area contributed by atoms with Gasteiger partial charge in [0.05, 0.1) is 28.9 Å². The number of H-pyrrole nitrogens is 1. The molecule has 5 aromatic rings. The number of hydrogen-bond acceptors (Lipinski definition) is 4. The molecule has 0 fully saturated rings. The zero-order chi connectivity index (χ0) is 24.7. The highest BCUT2D eigenvalue weighted by molar-refractivity contribution is 7.71. The van der Waals surface area contributed by atoms with Gasteiger partial charge in [0.2, 0.25) is 0 Å². The van der Waals surface area contributed by atoms with Gasteiger partial charge >= 0.3 is 6.18 Å². The lowest BCUT2D eigenvalue weighted by Gasteiger charge is -2.18. The number of fused-ring (bicyclic) bond motifs is 2. The number of rotatable bonds is 4. The summed E-state index contributed by atoms with van der Waals surface area (Å²) in [5.41, 5.74) is -1.31. The largest absolute Gasteiger partial charge is 0.492 e. The van der Waals surface area contributed by atoms with Crippen molar-refractivity contribution in [1.29, 1.82) is 0 Å². The molecule has 2 heterocycles. The Morgan fingerprint density at radius 1 is 1.03 bits per heavy atom. The van der Waals surface area contributed by atoms with Gasteiger partial charge in [0.15, 0.2) is 10.4 Å². The van der Waals surface area contributed by atoms with Crippen LogP contribution in [0.5, 0.6) is 5.75 Å². The van der Waals surface area contributed by atoms with Crippen LogP contribution in [0, 0.1) is 4.77 Å². The van der Waals surface area contributed by atoms with Crippen molar-refractivity contribution in [3.63, 3.8) is 0 Å². The van der Waals surface area contributed by atoms with E-state index in [-0.39, 0.29) is 16.1 Å². The van der Waals surface area contributed by atoms with E-state index in [4.69, 9.17) is 17.0 Å². The number of hydrogen-bond donors (Lipinski definition) is 1. The summed E-state index contributed by atoms with van der Waals surface area (Å²) in [6.07, 6.45) is -4.81. The Hall–Kier alpha value is -3.98. The second kappa shape index (κ2) is 8.66. The Balaban J connectivity index is 1.96. The molecule has 0 saturated carbocycles. The Morgan fingerprint density at radius 2 is 1.74 bits per heavy atom. The number of halogens is 3. The van der Waals surface area contributed by atoms with E-state index in [1.54, 1.807) is 43.3 Å². The molecule has 176 valence electrons. The van der Waals surface area contributed by atoms with Crippen molar-refractivity contribution in [2.45, 2.75) is 13.1 Å². The second-order valence-corrected chi connectivity index (χ2v) is 8.16. The lowest BCUT2D eigenvalue weighted by molar-refractivity contribution is -0.136. The molecule has 5 nitrogen and oxygen atoms in total. The minimum Gasteiger partial charge on any atom is -0.492 e. The molecule has 3 aromatic carbocycles. The van der Waals surface area contributed by atoms with E-state index in [1.165, 1.54) is 4.57 Å². The molecule has 0 bridgehead atoms. The highest BCUT2D eigenvalue weighted by atomic mass is 32.1. The van der Waals surface area contributed by atoms with Gasteiger partial charge in [0, 0.05) is 5.56 Å². The van der Waals surface area contributed by atoms with Gasteiger partial charge < -0.3 is 4.74 Å². The van der Waals surface area contributed by atoms with Crippen LogP contribution in [0.15, 0.2) is 77.6 Å². The van der Waals surface area contributed by atoms with E-state index in [2.05, 4.69) is 9.97 Å². The first-order valence-electron chi connectivity index (χ1n) is 10.8. The molecule has 0 aliphatic rings. The second-order valence-electron chi connectivity index (χ2n) is 7.77. The van der Waals surface area contributed by atoms with Crippen LogP contribution in [0.2, 0.25) is 0 Å². The van der Waals surface area contributed by atoms with E-state index in [0.717, 1.165) is 16.8 Å². The van der Waals surface area contributed by atoms with Crippen molar-refractivity contribution in [3.05, 3.63) is 93.5 Å². The van der Waals surface area contributed by atoms with Gasteiger partial charge in [0.1, 0.15) is 5.75 Å². The summed E-state index contributed by atoms with van der Waals surface area (Å²) in [6.45, 7) is 2.12. The number of nitrogens with one attached hydrogen (secondary N) is 1. The summed E-state index contributed by atoms with van der Waals surface area (Å²) in [5, 5.41) is 0.992. The normalized spacial score (nSPS) is 11.8. The van der Waals surface area contributed by atoms with Crippen LogP contribution in [0.1, 0.15) is 12.5 Å². The summed E-state index contributed by atoms with van der Waals surface area (Å²) in [6, 6.07) is 20.4. The summed E-state index contributed by atoms with van der Waals surface area (Å²) in [7, 11) is 0. The Morgan fingerprint density at radius 3 is 2.51 bits per heavy atom. The van der Waals surface area contributed by atoms with Crippen LogP contribution in [-0.2, 0) is 6.18 Å². The molecule has 0 spiro atoms. The van der Waals surface area contributed by atoms with Gasteiger partial charge in [-0.2, -0.15) is 13.2 Å². The summed E-state index contributed by atoms with van der Waals surface area (Å²) in [5.74, 6) is 0.394. The maximum Gasteiger partial charge on any atom is 0.417 e. The zero-order valence-corrected chi connectivity index (χ0v) is 19.2. The van der Waals surface area contributed by atoms with Gasteiger partial charge in [-0.3, -0.25) is 14.3 Å². The third kappa shape index (κ3) is 3.97. The molecule has 0 saturated heterocycles. The van der Waals surface area contributed by atoms with Crippen LogP contribution in [0.3, 0.4) is 0 Å². The number of ether oxygens (including phenoxy) is 1. The van der Waals surface area contributed by atoms with E-state index in [0.29, 0.717) is 23.6 Å². The number of aromatic amines is 1. The Kier molecular flexibility index (Phi) is 5.64. The average Bonchev–Trinajstić information content (AvgIpc) is 2.83. The maximum absolute atomic E-state index is 14.3. The van der Waals surface area contributed by atoms with Gasteiger partial charge in [-0.05, 0) is 48.1 Å². The van der Waals surface area contributed by atoms with Crippen molar-refractivity contribution in [1.82, 2.24) is 14.5 Å². The molecule has 9 heteroatoms. The first kappa shape index (κ1) is 22.8. The number of aromatic nitrogens is 3. The van der Waals surface area contributed by atoms with Crippen LogP contribution in [0.4, 0.5) is 13.2 Å². The molecule has 0 aliphatic carbocycles. The highest BCUT2D eigenvalue weighted by Crippen LogP contribution is 2.38. The number of pyridine rings is 1. The first-order valence-corrected chi connectivity index (χ1v) is 11.2. The quantitative estimate of drug-likeness (QED) is 0.284. The van der Waals surface area contributed by atoms with Crippen molar-refractivity contribution in [2.75, 3.05) is 6.61 Å². The fraction of sp³-hybridized carbons (Fsp3) is 0.115. The fourth-order valence-electron chi connectivity index (χ4n) is 4.18. The van der Waals surface area contributed by atoms with E-state index >= 15 is 0 Å². The number of para-hydroxylation sites is 2. The fourth-order valence-corrected chi connectivity index (χ4v) is 4.46. The predicted octanol–water partition coefficient (Wildman–Crippen LogP) is 6.68. The number of nitrogens with zero attached hydrogens (tertiary/aromatic N) is 2. The van der Waals surface area contributed by atoms with Crippen molar-refractivity contribution in [3.8, 4) is 22.7 Å². The average molecular weight is 494 g/mol. The molecule has 0 aliphatic heterocycles. The zero-order valence-electron chi connectivity index (χ0n) is 18.4. The van der Waals surface area contributed by atoms with Crippen LogP contribution in [0.25, 0.3) is 38.8 Å². The van der Waals surface area contributed by atoms with Crippen LogP contribution >= 0.6 is 12.2 Å². The van der Waals surface area contributed by atoms with E-state index < -0.39 is 22.7 Å². The summed E-state index contributed by atoms with van der Waals surface area (Å²) < 4.78 is 49.8. The lowest BCUT2D eigenvalue weighted by Crippen LogP contribution is -2.20. The maximum atomic E-state index is 14.3. The van der Waals surface area contributed by atoms with Gasteiger partial charge in [0.25, 0.3) is 5.56 Å².